The molecule has 0 bridgehead atoms. The topological polar surface area (TPSA) is 61.1 Å². The van der Waals surface area contributed by atoms with Crippen LogP contribution >= 0.6 is 0 Å². The van der Waals surface area contributed by atoms with Crippen LogP contribution in [-0.4, -0.2) is 12.9 Å². The van der Waals surface area contributed by atoms with E-state index >= 15 is 0 Å². The molecule has 0 atom stereocenters. The minimum atomic E-state index is 0.461. The Morgan fingerprint density at radius 1 is 1.71 bits per heavy atom. The molecular weight excluding hydrogens is 92.1 g/mol. The highest BCUT2D eigenvalue weighted by Crippen LogP contribution is 1.74. The normalized spacial score (nSPS) is 10.3. The van der Waals surface area contributed by atoms with Gasteiger partial charge in [-0.3, -0.25) is 4.99 Å². The largest absolute Gasteiger partial charge is 0.291 e. The SMILES string of the molecule is CN=C(C)N=[N+]=[N-]. The Labute approximate surface area is 41.5 Å². The highest BCUT2D eigenvalue weighted by molar-refractivity contribution is 5.79. The van der Waals surface area contributed by atoms with Crippen molar-refractivity contribution in [3.8, 4) is 0 Å². The van der Waals surface area contributed by atoms with Gasteiger partial charge in [-0.1, -0.05) is 0 Å². The van der Waals surface area contributed by atoms with Crippen LogP contribution < -0.4 is 0 Å². The van der Waals surface area contributed by atoms with Crippen LogP contribution in [0.3, 0.4) is 0 Å². The van der Waals surface area contributed by atoms with E-state index in [1.807, 2.05) is 0 Å². The van der Waals surface area contributed by atoms with E-state index in [0.717, 1.165) is 0 Å². The van der Waals surface area contributed by atoms with Crippen LogP contribution in [0, 0.1) is 0 Å². The zero-order chi connectivity index (χ0) is 5.70. The standard InChI is InChI=1S/C3H6N4/c1-3(5-2)6-7-4/h1-2H3. The Kier molecular flexibility index (Phi) is 2.72. The van der Waals surface area contributed by atoms with E-state index in [-0.39, 0.29) is 0 Å². The summed E-state index contributed by atoms with van der Waals surface area (Å²) in [5.41, 5.74) is 7.75. The molecule has 4 heteroatoms. The first-order valence-electron chi connectivity index (χ1n) is 1.79. The fourth-order valence-electron chi connectivity index (χ4n) is 0.109. The van der Waals surface area contributed by atoms with Gasteiger partial charge in [0.2, 0.25) is 0 Å². The lowest BCUT2D eigenvalue weighted by Gasteiger charge is -1.76. The van der Waals surface area contributed by atoms with E-state index in [1.54, 1.807) is 14.0 Å². The Morgan fingerprint density at radius 3 is 2.43 bits per heavy atom. The lowest BCUT2D eigenvalue weighted by Crippen LogP contribution is -1.77. The zero-order valence-electron chi connectivity index (χ0n) is 4.29. The lowest BCUT2D eigenvalue weighted by atomic mass is 10.7. The van der Waals surface area contributed by atoms with Gasteiger partial charge in [-0.2, -0.15) is 0 Å². The van der Waals surface area contributed by atoms with Crippen LogP contribution in [-0.2, 0) is 0 Å². The van der Waals surface area contributed by atoms with E-state index in [9.17, 15) is 0 Å². The van der Waals surface area contributed by atoms with Gasteiger partial charge in [0.1, 0.15) is 0 Å². The summed E-state index contributed by atoms with van der Waals surface area (Å²) in [6.45, 7) is 1.64. The van der Waals surface area contributed by atoms with Gasteiger partial charge in [0.15, 0.2) is 0 Å². The summed E-state index contributed by atoms with van der Waals surface area (Å²) in [5.74, 6) is 0.461. The Morgan fingerprint density at radius 2 is 2.29 bits per heavy atom. The number of amidine groups is 1. The van der Waals surface area contributed by atoms with E-state index in [0.29, 0.717) is 5.84 Å². The summed E-state index contributed by atoms with van der Waals surface area (Å²) >= 11 is 0. The molecule has 0 N–H and O–H groups in total. The molecular formula is C3H6N4. The second-order valence-electron chi connectivity index (χ2n) is 0.960. The molecule has 7 heavy (non-hydrogen) atoms. The molecule has 0 saturated carbocycles. The number of nitrogens with zero attached hydrogens (tertiary/aromatic N) is 4. The van der Waals surface area contributed by atoms with E-state index in [1.165, 1.54) is 0 Å². The molecule has 0 aromatic rings. The number of aliphatic imine (C=N–C) groups is 1. The second kappa shape index (κ2) is 3.18. The van der Waals surface area contributed by atoms with Crippen molar-refractivity contribution in [1.82, 2.24) is 0 Å². The fourth-order valence-corrected chi connectivity index (χ4v) is 0.109. The maximum Gasteiger partial charge on any atom is 0.0946 e. The number of rotatable bonds is 0. The average molecular weight is 98.1 g/mol. The average Bonchev–Trinajstić information content (AvgIpc) is 1.68. The first-order valence-corrected chi connectivity index (χ1v) is 1.79. The van der Waals surface area contributed by atoms with Crippen molar-refractivity contribution in [1.29, 1.82) is 0 Å². The third-order valence-electron chi connectivity index (χ3n) is 0.513. The molecule has 0 aromatic heterocycles. The van der Waals surface area contributed by atoms with Gasteiger partial charge in [0, 0.05) is 12.0 Å². The van der Waals surface area contributed by atoms with Crippen molar-refractivity contribution in [2.45, 2.75) is 6.92 Å². The molecule has 0 radical (unpaired) electrons. The molecule has 0 amide bonds. The summed E-state index contributed by atoms with van der Waals surface area (Å²) in [7, 11) is 1.57. The van der Waals surface area contributed by atoms with Crippen LogP contribution in [0.25, 0.3) is 10.4 Å². The second-order valence-corrected chi connectivity index (χ2v) is 0.960. The lowest BCUT2D eigenvalue weighted by molar-refractivity contribution is 1.37. The molecule has 0 fully saturated rings. The molecule has 0 unspecified atom stereocenters. The molecule has 4 nitrogen and oxygen atoms in total. The van der Waals surface area contributed by atoms with Gasteiger partial charge < -0.3 is 0 Å². The smallest absolute Gasteiger partial charge is 0.0946 e. The van der Waals surface area contributed by atoms with Crippen LogP contribution in [0.2, 0.25) is 0 Å². The first-order chi connectivity index (χ1) is 3.31. The maximum atomic E-state index is 7.75. The van der Waals surface area contributed by atoms with Crippen molar-refractivity contribution in [2.75, 3.05) is 7.05 Å². The van der Waals surface area contributed by atoms with Gasteiger partial charge in [0.05, 0.1) is 5.84 Å². The molecule has 0 aliphatic rings. The van der Waals surface area contributed by atoms with Gasteiger partial charge in [0.25, 0.3) is 0 Å². The quantitative estimate of drug-likeness (QED) is 0.144. The van der Waals surface area contributed by atoms with Crippen LogP contribution in [0.1, 0.15) is 6.92 Å². The maximum absolute atomic E-state index is 7.75. The van der Waals surface area contributed by atoms with Gasteiger partial charge >= 0.3 is 0 Å². The third kappa shape index (κ3) is 2.79. The number of hydrogen-bond donors (Lipinski definition) is 0. The molecule has 0 aliphatic heterocycles. The van der Waals surface area contributed by atoms with Crippen molar-refractivity contribution in [3.63, 3.8) is 0 Å². The van der Waals surface area contributed by atoms with Crippen LogP contribution in [0.4, 0.5) is 0 Å². The van der Waals surface area contributed by atoms with E-state index in [4.69, 9.17) is 5.53 Å². The predicted octanol–water partition coefficient (Wildman–Crippen LogP) is 1.34. The van der Waals surface area contributed by atoms with Crippen molar-refractivity contribution < 1.29 is 0 Å². The molecule has 0 spiro atoms. The van der Waals surface area contributed by atoms with Crippen LogP contribution in [0.5, 0.6) is 0 Å². The minimum Gasteiger partial charge on any atom is -0.291 e. The highest BCUT2D eigenvalue weighted by Gasteiger charge is 1.73. The first kappa shape index (κ1) is 5.98. The zero-order valence-corrected chi connectivity index (χ0v) is 4.29. The number of hydrogen-bond acceptors (Lipinski definition) is 1. The molecule has 0 aromatic carbocycles. The van der Waals surface area contributed by atoms with E-state index in [2.05, 4.69) is 15.0 Å². The van der Waals surface area contributed by atoms with Crippen molar-refractivity contribution >= 4 is 5.84 Å². The van der Waals surface area contributed by atoms with E-state index < -0.39 is 0 Å². The molecule has 0 aliphatic carbocycles. The molecule has 0 saturated heterocycles. The molecule has 0 heterocycles. The van der Waals surface area contributed by atoms with Crippen molar-refractivity contribution in [3.05, 3.63) is 10.4 Å². The van der Waals surface area contributed by atoms with Gasteiger partial charge in [-0.15, -0.1) is 0 Å². The Hall–Kier alpha value is -1.02. The summed E-state index contributed by atoms with van der Waals surface area (Å²) in [5, 5.41) is 3.17. The summed E-state index contributed by atoms with van der Waals surface area (Å²) in [6, 6.07) is 0. The monoisotopic (exact) mass is 98.1 g/mol. The Bertz CT molecular complexity index is 119. The summed E-state index contributed by atoms with van der Waals surface area (Å²) < 4.78 is 0. The van der Waals surface area contributed by atoms with Gasteiger partial charge in [-0.25, -0.2) is 0 Å². The van der Waals surface area contributed by atoms with Crippen molar-refractivity contribution in [2.24, 2.45) is 10.1 Å². The van der Waals surface area contributed by atoms with Gasteiger partial charge in [-0.05, 0) is 17.6 Å². The fraction of sp³-hybridized carbons (Fsp3) is 0.667. The molecule has 0 rings (SSSR count). The minimum absolute atomic E-state index is 0.461. The summed E-state index contributed by atoms with van der Waals surface area (Å²) in [6.07, 6.45) is 0. The Balaban J connectivity index is 3.82. The predicted molar refractivity (Wildman–Crippen MR) is 28.2 cm³/mol. The third-order valence-corrected chi connectivity index (χ3v) is 0.513. The summed E-state index contributed by atoms with van der Waals surface area (Å²) in [4.78, 5) is 6.08. The molecule has 38 valence electrons. The highest BCUT2D eigenvalue weighted by atomic mass is 15.2. The van der Waals surface area contributed by atoms with Crippen LogP contribution in [0.15, 0.2) is 10.1 Å². The number of azide groups is 1.